The Bertz CT molecular complexity index is 878. The van der Waals surface area contributed by atoms with E-state index in [1.165, 1.54) is 25.5 Å². The van der Waals surface area contributed by atoms with Gasteiger partial charge >= 0.3 is 0 Å². The Hall–Kier alpha value is -2.10. The van der Waals surface area contributed by atoms with E-state index in [2.05, 4.69) is 4.98 Å². The zero-order valence-electron chi connectivity index (χ0n) is 15.0. The number of rotatable bonds is 6. The van der Waals surface area contributed by atoms with Crippen LogP contribution in [0.15, 0.2) is 30.6 Å². The van der Waals surface area contributed by atoms with Gasteiger partial charge in [-0.3, -0.25) is 0 Å². The van der Waals surface area contributed by atoms with Gasteiger partial charge in [-0.25, -0.2) is 17.7 Å². The summed E-state index contributed by atoms with van der Waals surface area (Å²) in [4.78, 5) is 4.41. The SMILES string of the molecule is COc1cc(-c2nccn2[C@@H]2COC[C@@H]2CS(=O)(=O)N(C)C)ccc1O. The minimum Gasteiger partial charge on any atom is -0.504 e. The minimum absolute atomic E-state index is 0.0151. The molecule has 1 aromatic carbocycles. The third-order valence-electron chi connectivity index (χ3n) is 4.61. The molecule has 0 saturated carbocycles. The van der Waals surface area contributed by atoms with Gasteiger partial charge in [0, 0.05) is 38.0 Å². The highest BCUT2D eigenvalue weighted by atomic mass is 32.2. The molecule has 0 amide bonds. The van der Waals surface area contributed by atoms with Gasteiger partial charge in [0.1, 0.15) is 5.82 Å². The number of sulfonamides is 1. The molecule has 1 N–H and O–H groups in total. The maximum absolute atomic E-state index is 12.3. The second-order valence-electron chi connectivity index (χ2n) is 6.47. The van der Waals surface area contributed by atoms with Crippen LogP contribution in [0.4, 0.5) is 0 Å². The Kier molecular flexibility index (Phi) is 5.22. The molecule has 2 aromatic rings. The summed E-state index contributed by atoms with van der Waals surface area (Å²) in [6, 6.07) is 4.86. The standard InChI is InChI=1S/C17H23N3O5S/c1-19(2)26(22,23)11-13-9-25-10-14(13)20-7-6-18-17(20)12-4-5-15(21)16(8-12)24-3/h4-8,13-14,21H,9-11H2,1-3H3/t13-,14-/m1/s1. The maximum atomic E-state index is 12.3. The van der Waals surface area contributed by atoms with Crippen LogP contribution in [0, 0.1) is 5.92 Å². The van der Waals surface area contributed by atoms with Crippen LogP contribution in [-0.2, 0) is 14.8 Å². The van der Waals surface area contributed by atoms with Gasteiger partial charge in [-0.15, -0.1) is 0 Å². The van der Waals surface area contributed by atoms with Crippen molar-refractivity contribution in [2.75, 3.05) is 40.2 Å². The number of hydrogen-bond donors (Lipinski definition) is 1. The van der Waals surface area contributed by atoms with Crippen molar-refractivity contribution in [1.82, 2.24) is 13.9 Å². The fourth-order valence-electron chi connectivity index (χ4n) is 3.09. The number of hydrogen-bond acceptors (Lipinski definition) is 6. The monoisotopic (exact) mass is 381 g/mol. The molecule has 8 nitrogen and oxygen atoms in total. The Labute approximate surface area is 153 Å². The number of imidazole rings is 1. The van der Waals surface area contributed by atoms with Crippen molar-refractivity contribution in [1.29, 1.82) is 0 Å². The molecule has 9 heteroatoms. The lowest BCUT2D eigenvalue weighted by molar-refractivity contribution is 0.182. The van der Waals surface area contributed by atoms with Crippen molar-refractivity contribution in [2.45, 2.75) is 6.04 Å². The first-order valence-electron chi connectivity index (χ1n) is 8.21. The quantitative estimate of drug-likeness (QED) is 0.812. The zero-order chi connectivity index (χ0) is 18.9. The molecule has 0 aliphatic carbocycles. The molecule has 1 aliphatic rings. The molecule has 0 spiro atoms. The third kappa shape index (κ3) is 3.55. The van der Waals surface area contributed by atoms with Crippen molar-refractivity contribution in [3.05, 3.63) is 30.6 Å². The van der Waals surface area contributed by atoms with E-state index in [9.17, 15) is 13.5 Å². The predicted molar refractivity (Wildman–Crippen MR) is 96.7 cm³/mol. The van der Waals surface area contributed by atoms with Crippen LogP contribution in [0.5, 0.6) is 11.5 Å². The highest BCUT2D eigenvalue weighted by Crippen LogP contribution is 2.35. The molecular weight excluding hydrogens is 358 g/mol. The van der Waals surface area contributed by atoms with Crippen LogP contribution in [0.3, 0.4) is 0 Å². The highest BCUT2D eigenvalue weighted by Gasteiger charge is 2.35. The largest absolute Gasteiger partial charge is 0.504 e. The van der Waals surface area contributed by atoms with E-state index in [0.717, 1.165) is 5.56 Å². The number of ether oxygens (including phenoxy) is 2. The molecular formula is C17H23N3O5S. The van der Waals surface area contributed by atoms with Crippen LogP contribution in [-0.4, -0.2) is 67.6 Å². The molecule has 2 atom stereocenters. The molecule has 2 heterocycles. The molecule has 1 saturated heterocycles. The second-order valence-corrected chi connectivity index (χ2v) is 8.70. The fourth-order valence-corrected chi connectivity index (χ4v) is 4.25. The lowest BCUT2D eigenvalue weighted by Gasteiger charge is -2.22. The Balaban J connectivity index is 1.92. The molecule has 1 aromatic heterocycles. The number of benzene rings is 1. The van der Waals surface area contributed by atoms with Crippen LogP contribution in [0.1, 0.15) is 6.04 Å². The number of nitrogens with zero attached hydrogens (tertiary/aromatic N) is 3. The second kappa shape index (κ2) is 7.26. The summed E-state index contributed by atoms with van der Waals surface area (Å²) in [5, 5.41) is 9.79. The fraction of sp³-hybridized carbons (Fsp3) is 0.471. The number of phenolic OH excluding ortho intramolecular Hbond substituents is 1. The van der Waals surface area contributed by atoms with Crippen molar-refractivity contribution in [3.63, 3.8) is 0 Å². The number of phenols is 1. The summed E-state index contributed by atoms with van der Waals surface area (Å²) >= 11 is 0. The van der Waals surface area contributed by atoms with Crippen molar-refractivity contribution < 1.29 is 23.0 Å². The molecule has 142 valence electrons. The van der Waals surface area contributed by atoms with Gasteiger partial charge in [-0.2, -0.15) is 0 Å². The lowest BCUT2D eigenvalue weighted by atomic mass is 10.1. The van der Waals surface area contributed by atoms with Gasteiger partial charge in [0.25, 0.3) is 0 Å². The van der Waals surface area contributed by atoms with Gasteiger partial charge < -0.3 is 19.1 Å². The summed E-state index contributed by atoms with van der Waals surface area (Å²) in [6.45, 7) is 0.806. The van der Waals surface area contributed by atoms with Gasteiger partial charge in [0.05, 0.1) is 32.1 Å². The molecule has 1 fully saturated rings. The zero-order valence-corrected chi connectivity index (χ0v) is 15.8. The van der Waals surface area contributed by atoms with Crippen molar-refractivity contribution >= 4 is 10.0 Å². The Morgan fingerprint density at radius 3 is 2.85 bits per heavy atom. The first kappa shape index (κ1) is 18.7. The molecule has 3 rings (SSSR count). The molecule has 1 aliphatic heterocycles. The average molecular weight is 381 g/mol. The van der Waals surface area contributed by atoms with E-state index in [1.54, 1.807) is 24.4 Å². The summed E-state index contributed by atoms with van der Waals surface area (Å²) in [5.41, 5.74) is 0.769. The van der Waals surface area contributed by atoms with E-state index < -0.39 is 10.0 Å². The van der Waals surface area contributed by atoms with E-state index in [4.69, 9.17) is 9.47 Å². The molecule has 26 heavy (non-hydrogen) atoms. The summed E-state index contributed by atoms with van der Waals surface area (Å²) in [6.07, 6.45) is 3.49. The van der Waals surface area contributed by atoms with Crippen molar-refractivity contribution in [3.8, 4) is 22.9 Å². The van der Waals surface area contributed by atoms with Gasteiger partial charge in [-0.05, 0) is 18.2 Å². The summed E-state index contributed by atoms with van der Waals surface area (Å²) in [7, 11) is 1.22. The highest BCUT2D eigenvalue weighted by molar-refractivity contribution is 7.89. The van der Waals surface area contributed by atoms with E-state index >= 15 is 0 Å². The minimum atomic E-state index is -3.33. The third-order valence-corrected chi connectivity index (χ3v) is 6.57. The van der Waals surface area contributed by atoms with E-state index in [0.29, 0.717) is 24.8 Å². The molecule has 0 unspecified atom stereocenters. The van der Waals surface area contributed by atoms with Gasteiger partial charge in [0.15, 0.2) is 11.5 Å². The maximum Gasteiger partial charge on any atom is 0.214 e. The number of methoxy groups -OCH3 is 1. The Morgan fingerprint density at radius 1 is 1.38 bits per heavy atom. The van der Waals surface area contributed by atoms with Crippen LogP contribution < -0.4 is 4.74 Å². The normalized spacial score (nSPS) is 20.6. The van der Waals surface area contributed by atoms with Gasteiger partial charge in [-0.1, -0.05) is 0 Å². The van der Waals surface area contributed by atoms with E-state index in [1.807, 2.05) is 10.8 Å². The van der Waals surface area contributed by atoms with E-state index in [-0.39, 0.29) is 23.5 Å². The number of aromatic nitrogens is 2. The number of aromatic hydroxyl groups is 1. The van der Waals surface area contributed by atoms with Crippen LogP contribution >= 0.6 is 0 Å². The van der Waals surface area contributed by atoms with Crippen molar-refractivity contribution in [2.24, 2.45) is 5.92 Å². The summed E-state index contributed by atoms with van der Waals surface area (Å²) in [5.74, 6) is 0.918. The lowest BCUT2D eigenvalue weighted by Crippen LogP contribution is -2.32. The average Bonchev–Trinajstić information content (AvgIpc) is 3.23. The topological polar surface area (TPSA) is 93.9 Å². The first-order chi connectivity index (χ1) is 12.3. The smallest absolute Gasteiger partial charge is 0.214 e. The van der Waals surface area contributed by atoms with Crippen LogP contribution in [0.2, 0.25) is 0 Å². The molecule has 0 radical (unpaired) electrons. The van der Waals surface area contributed by atoms with Crippen LogP contribution in [0.25, 0.3) is 11.4 Å². The molecule has 0 bridgehead atoms. The van der Waals surface area contributed by atoms with Gasteiger partial charge in [0.2, 0.25) is 10.0 Å². The first-order valence-corrected chi connectivity index (χ1v) is 9.82. The predicted octanol–water partition coefficient (Wildman–Crippen LogP) is 1.34. The summed E-state index contributed by atoms with van der Waals surface area (Å²) < 4.78 is 38.5. The Morgan fingerprint density at radius 2 is 2.15 bits per heavy atom.